The van der Waals surface area contributed by atoms with Crippen molar-refractivity contribution in [2.45, 2.75) is 20.3 Å². The molecule has 2 N–H and O–H groups in total. The van der Waals surface area contributed by atoms with Crippen molar-refractivity contribution < 1.29 is 14.4 Å². The molecule has 1 amide bonds. The molecule has 5 nitrogen and oxygen atoms in total. The van der Waals surface area contributed by atoms with E-state index in [9.17, 15) is 4.79 Å². The molecule has 0 fully saturated rings. The number of rotatable bonds is 3. The van der Waals surface area contributed by atoms with E-state index in [0.717, 1.165) is 5.56 Å². The third kappa shape index (κ3) is 3.71. The lowest BCUT2D eigenvalue weighted by molar-refractivity contribution is 0.102. The lowest BCUT2D eigenvalue weighted by Gasteiger charge is -2.04. The average Bonchev–Trinajstić information content (AvgIpc) is 2.80. The Morgan fingerprint density at radius 3 is 2.62 bits per heavy atom. The molecule has 0 unspecified atom stereocenters. The fourth-order valence-electron chi connectivity index (χ4n) is 1.86. The van der Waals surface area contributed by atoms with Crippen molar-refractivity contribution in [1.82, 2.24) is 5.16 Å². The Labute approximate surface area is 123 Å². The van der Waals surface area contributed by atoms with Crippen molar-refractivity contribution in [1.29, 1.82) is 0 Å². The minimum atomic E-state index is -0.245. The number of benzene rings is 1. The molecule has 0 aliphatic heterocycles. The summed E-state index contributed by atoms with van der Waals surface area (Å²) in [6.45, 7) is 3.48. The summed E-state index contributed by atoms with van der Waals surface area (Å²) in [5.41, 5.74) is 2.53. The maximum absolute atomic E-state index is 12.1. The second kappa shape index (κ2) is 6.73. The largest absolute Gasteiger partial charge is 0.395 e. The predicted octanol–water partition coefficient (Wildman–Crippen LogP) is 2.28. The standard InChI is InChI=1S/C16H16N2O3/c1-11-15(12(2)21-18-11)16(20)17-14-8-6-13(7-9-14)5-3-4-10-19/h6-9,19H,4,10H2,1-2H3,(H,17,20). The van der Waals surface area contributed by atoms with Crippen LogP contribution in [-0.4, -0.2) is 22.8 Å². The summed E-state index contributed by atoms with van der Waals surface area (Å²) < 4.78 is 4.98. The van der Waals surface area contributed by atoms with Crippen LogP contribution in [-0.2, 0) is 0 Å². The van der Waals surface area contributed by atoms with Crippen molar-refractivity contribution in [2.24, 2.45) is 0 Å². The van der Waals surface area contributed by atoms with E-state index in [1.54, 1.807) is 26.0 Å². The van der Waals surface area contributed by atoms with Gasteiger partial charge in [-0.3, -0.25) is 4.79 Å². The number of aromatic nitrogens is 1. The highest BCUT2D eigenvalue weighted by Crippen LogP contribution is 2.16. The van der Waals surface area contributed by atoms with Crippen LogP contribution in [0.15, 0.2) is 28.8 Å². The molecule has 0 radical (unpaired) electrons. The molecular formula is C16H16N2O3. The van der Waals surface area contributed by atoms with Gasteiger partial charge in [-0.2, -0.15) is 0 Å². The van der Waals surface area contributed by atoms with Crippen molar-refractivity contribution in [3.05, 3.63) is 46.8 Å². The monoisotopic (exact) mass is 284 g/mol. The molecule has 1 heterocycles. The fourth-order valence-corrected chi connectivity index (χ4v) is 1.86. The predicted molar refractivity (Wildman–Crippen MR) is 79.0 cm³/mol. The quantitative estimate of drug-likeness (QED) is 0.848. The van der Waals surface area contributed by atoms with Gasteiger partial charge in [-0.1, -0.05) is 17.0 Å². The first-order valence-corrected chi connectivity index (χ1v) is 6.56. The van der Waals surface area contributed by atoms with E-state index >= 15 is 0 Å². The molecular weight excluding hydrogens is 268 g/mol. The van der Waals surface area contributed by atoms with Gasteiger partial charge in [0.25, 0.3) is 5.91 Å². The number of aliphatic hydroxyl groups excluding tert-OH is 1. The van der Waals surface area contributed by atoms with Crippen molar-refractivity contribution in [3.63, 3.8) is 0 Å². The third-order valence-electron chi connectivity index (χ3n) is 2.87. The molecule has 2 aromatic rings. The summed E-state index contributed by atoms with van der Waals surface area (Å²) in [4.78, 5) is 12.1. The van der Waals surface area contributed by atoms with E-state index in [-0.39, 0.29) is 12.5 Å². The van der Waals surface area contributed by atoms with Crippen molar-refractivity contribution in [3.8, 4) is 11.8 Å². The van der Waals surface area contributed by atoms with Crippen molar-refractivity contribution in [2.75, 3.05) is 11.9 Å². The zero-order chi connectivity index (χ0) is 15.2. The number of aryl methyl sites for hydroxylation is 2. The zero-order valence-corrected chi connectivity index (χ0v) is 11.9. The van der Waals surface area contributed by atoms with Gasteiger partial charge in [0, 0.05) is 17.7 Å². The molecule has 0 aliphatic rings. The van der Waals surface area contributed by atoms with Crippen LogP contribution in [0.5, 0.6) is 0 Å². The van der Waals surface area contributed by atoms with Gasteiger partial charge in [0.2, 0.25) is 0 Å². The molecule has 2 rings (SSSR count). The van der Waals surface area contributed by atoms with Crippen LogP contribution in [0, 0.1) is 25.7 Å². The van der Waals surface area contributed by atoms with Crippen LogP contribution >= 0.6 is 0 Å². The smallest absolute Gasteiger partial charge is 0.261 e. The minimum Gasteiger partial charge on any atom is -0.395 e. The lowest BCUT2D eigenvalue weighted by Crippen LogP contribution is -2.13. The number of hydrogen-bond donors (Lipinski definition) is 2. The maximum atomic E-state index is 12.1. The third-order valence-corrected chi connectivity index (χ3v) is 2.87. The van der Waals surface area contributed by atoms with Gasteiger partial charge in [0.1, 0.15) is 11.3 Å². The van der Waals surface area contributed by atoms with Gasteiger partial charge in [0.05, 0.1) is 12.3 Å². The van der Waals surface area contributed by atoms with Crippen molar-refractivity contribution >= 4 is 11.6 Å². The number of nitrogens with zero attached hydrogens (tertiary/aromatic N) is 1. The Kier molecular flexibility index (Phi) is 4.75. The summed E-state index contributed by atoms with van der Waals surface area (Å²) in [7, 11) is 0. The van der Waals surface area contributed by atoms with Gasteiger partial charge in [-0.25, -0.2) is 0 Å². The fraction of sp³-hybridized carbons (Fsp3) is 0.250. The number of anilines is 1. The highest BCUT2D eigenvalue weighted by atomic mass is 16.5. The Morgan fingerprint density at radius 2 is 2.05 bits per heavy atom. The summed E-state index contributed by atoms with van der Waals surface area (Å²) in [5, 5.41) is 15.2. The van der Waals surface area contributed by atoms with Gasteiger partial charge < -0.3 is 14.9 Å². The Bertz CT molecular complexity index is 671. The maximum Gasteiger partial charge on any atom is 0.261 e. The molecule has 1 aromatic heterocycles. The highest BCUT2D eigenvalue weighted by Gasteiger charge is 2.17. The van der Waals surface area contributed by atoms with Crippen LogP contribution in [0.3, 0.4) is 0 Å². The molecule has 0 saturated heterocycles. The molecule has 0 bridgehead atoms. The van der Waals surface area contributed by atoms with E-state index < -0.39 is 0 Å². The van der Waals surface area contributed by atoms with E-state index in [1.807, 2.05) is 12.1 Å². The number of carbonyl (C=O) groups is 1. The Hall–Kier alpha value is -2.58. The summed E-state index contributed by atoms with van der Waals surface area (Å²) >= 11 is 0. The molecule has 21 heavy (non-hydrogen) atoms. The lowest BCUT2D eigenvalue weighted by atomic mass is 10.1. The summed E-state index contributed by atoms with van der Waals surface area (Å²) in [6, 6.07) is 7.18. The molecule has 0 saturated carbocycles. The first-order chi connectivity index (χ1) is 10.1. The summed E-state index contributed by atoms with van der Waals surface area (Å²) in [5.74, 6) is 6.02. The van der Waals surface area contributed by atoms with Crippen LogP contribution in [0.25, 0.3) is 0 Å². The normalized spacial score (nSPS) is 9.86. The van der Waals surface area contributed by atoms with Crippen LogP contribution in [0.1, 0.15) is 33.8 Å². The Morgan fingerprint density at radius 1 is 1.33 bits per heavy atom. The van der Waals surface area contributed by atoms with Crippen LogP contribution in [0.4, 0.5) is 5.69 Å². The molecule has 1 aromatic carbocycles. The second-order valence-electron chi connectivity index (χ2n) is 4.51. The van der Waals surface area contributed by atoms with Gasteiger partial charge >= 0.3 is 0 Å². The summed E-state index contributed by atoms with van der Waals surface area (Å²) in [6.07, 6.45) is 0.449. The van der Waals surface area contributed by atoms with Crippen LogP contribution in [0.2, 0.25) is 0 Å². The highest BCUT2D eigenvalue weighted by molar-refractivity contribution is 6.05. The van der Waals surface area contributed by atoms with E-state index in [4.69, 9.17) is 9.63 Å². The first kappa shape index (κ1) is 14.8. The van der Waals surface area contributed by atoms with E-state index in [0.29, 0.717) is 29.1 Å². The molecule has 0 aliphatic carbocycles. The zero-order valence-electron chi connectivity index (χ0n) is 11.9. The Balaban J connectivity index is 2.07. The van der Waals surface area contributed by atoms with E-state index in [1.165, 1.54) is 0 Å². The number of hydrogen-bond acceptors (Lipinski definition) is 4. The molecule has 108 valence electrons. The van der Waals surface area contributed by atoms with Crippen LogP contribution < -0.4 is 5.32 Å². The first-order valence-electron chi connectivity index (χ1n) is 6.56. The number of nitrogens with one attached hydrogen (secondary N) is 1. The topological polar surface area (TPSA) is 75.4 Å². The second-order valence-corrected chi connectivity index (χ2v) is 4.51. The number of carbonyl (C=O) groups excluding carboxylic acids is 1. The SMILES string of the molecule is Cc1noc(C)c1C(=O)Nc1ccc(C#CCCO)cc1. The number of amides is 1. The van der Waals surface area contributed by atoms with Gasteiger partial charge in [-0.05, 0) is 38.1 Å². The molecule has 0 atom stereocenters. The molecule has 0 spiro atoms. The average molecular weight is 284 g/mol. The minimum absolute atomic E-state index is 0.0541. The van der Waals surface area contributed by atoms with Gasteiger partial charge in [-0.15, -0.1) is 0 Å². The molecule has 5 heteroatoms. The van der Waals surface area contributed by atoms with Gasteiger partial charge in [0.15, 0.2) is 0 Å². The van der Waals surface area contributed by atoms with E-state index in [2.05, 4.69) is 22.3 Å². The number of aliphatic hydroxyl groups is 1.